The molecule has 1 atom stereocenters. The van der Waals surface area contributed by atoms with E-state index in [0.29, 0.717) is 33.9 Å². The first-order valence-electron chi connectivity index (χ1n) is 15.0. The number of carbonyl (C=O) groups excluding carboxylic acids is 2. The molecule has 9 nitrogen and oxygen atoms in total. The lowest BCUT2D eigenvalue weighted by Crippen LogP contribution is -2.43. The molecule has 0 aliphatic rings. The number of aromatic nitrogens is 3. The molecule has 2 heterocycles. The van der Waals surface area contributed by atoms with Gasteiger partial charge in [-0.1, -0.05) is 61.8 Å². The van der Waals surface area contributed by atoms with Crippen molar-refractivity contribution >= 4 is 29.1 Å². The van der Waals surface area contributed by atoms with Crippen LogP contribution in [0.5, 0.6) is 0 Å². The maximum absolute atomic E-state index is 15.3. The first-order valence-corrected chi connectivity index (χ1v) is 15.4. The van der Waals surface area contributed by atoms with Crippen LogP contribution in [0.15, 0.2) is 59.4 Å². The Labute approximate surface area is 267 Å². The Balaban J connectivity index is 1.83. The summed E-state index contributed by atoms with van der Waals surface area (Å²) in [6, 6.07) is 15.1. The highest BCUT2D eigenvalue weighted by atomic mass is 35.5. The first kappa shape index (κ1) is 33.7. The molecule has 2 aromatic heterocycles. The van der Waals surface area contributed by atoms with Gasteiger partial charge >= 0.3 is 11.8 Å². The number of benzene rings is 2. The monoisotopic (exact) mass is 637 g/mol. The molecule has 1 N–H and O–H groups in total. The zero-order chi connectivity index (χ0) is 33.1. The quantitative estimate of drug-likeness (QED) is 0.195. The van der Waals surface area contributed by atoms with Crippen LogP contribution < -0.4 is 11.0 Å². The maximum atomic E-state index is 15.3. The van der Waals surface area contributed by atoms with Gasteiger partial charge in [0.2, 0.25) is 0 Å². The Morgan fingerprint density at radius 1 is 1.09 bits per heavy atom. The minimum atomic E-state index is -0.674. The molecule has 0 spiro atoms. The molecule has 0 saturated heterocycles. The lowest BCUT2D eigenvalue weighted by atomic mass is 9.96. The summed E-state index contributed by atoms with van der Waals surface area (Å²) in [4.78, 5) is 42.1. The second-order valence-electron chi connectivity index (χ2n) is 12.6. The predicted octanol–water partition coefficient (Wildman–Crippen LogP) is 6.71. The average Bonchev–Trinajstić information content (AvgIpc) is 3.24. The molecule has 2 amide bonds. The van der Waals surface area contributed by atoms with E-state index in [1.165, 1.54) is 16.6 Å². The number of nitrogens with one attached hydrogen (secondary N) is 1. The number of alkyl carbamates (subject to hydrolysis) is 1. The van der Waals surface area contributed by atoms with Gasteiger partial charge in [-0.05, 0) is 76.3 Å². The number of hydrogen-bond donors (Lipinski definition) is 1. The Kier molecular flexibility index (Phi) is 10.4. The minimum Gasteiger partial charge on any atom is -0.444 e. The third-order valence-corrected chi connectivity index (χ3v) is 7.81. The van der Waals surface area contributed by atoms with Crippen LogP contribution in [0.3, 0.4) is 0 Å². The second kappa shape index (κ2) is 13.9. The summed E-state index contributed by atoms with van der Waals surface area (Å²) >= 11 is 6.62. The minimum absolute atomic E-state index is 0.0809. The highest BCUT2D eigenvalue weighted by Crippen LogP contribution is 2.33. The van der Waals surface area contributed by atoms with Crippen LogP contribution in [-0.2, 0) is 11.3 Å². The van der Waals surface area contributed by atoms with Crippen LogP contribution in [0.25, 0.3) is 5.52 Å². The standard InChI is InChI=1S/C34H41ClFN5O4/c1-21(2)30(28-19-27-29(35)23(4)38-41(27)33(44)40(28)20-24-12-9-8-10-13-24)39(17-11-16-37-32(43)45-34(5,6)7)31(42)25-15-14-22(3)18-26(25)36/h8-10,12-15,18-19,21,30H,11,16-17,20H2,1-7H3,(H,37,43)/t30-/m1/s1. The van der Waals surface area contributed by atoms with Crippen molar-refractivity contribution in [1.29, 1.82) is 0 Å². The van der Waals surface area contributed by atoms with E-state index in [1.54, 1.807) is 56.2 Å². The van der Waals surface area contributed by atoms with Crippen LogP contribution in [0.2, 0.25) is 5.02 Å². The van der Waals surface area contributed by atoms with E-state index in [0.717, 1.165) is 5.56 Å². The number of rotatable bonds is 10. The van der Waals surface area contributed by atoms with Crippen LogP contribution in [0.4, 0.5) is 9.18 Å². The van der Waals surface area contributed by atoms with E-state index in [1.807, 2.05) is 44.2 Å². The van der Waals surface area contributed by atoms with E-state index in [2.05, 4.69) is 10.4 Å². The number of halogens is 2. The molecule has 2 aromatic carbocycles. The summed E-state index contributed by atoms with van der Waals surface area (Å²) in [6.45, 7) is 13.3. The normalized spacial score (nSPS) is 12.4. The molecule has 0 aliphatic heterocycles. The van der Waals surface area contributed by atoms with Crippen LogP contribution in [-0.4, -0.2) is 49.8 Å². The molecule has 11 heteroatoms. The van der Waals surface area contributed by atoms with Crippen LogP contribution in [0.1, 0.15) is 80.0 Å². The number of nitrogens with zero attached hydrogens (tertiary/aromatic N) is 4. The number of carbonyl (C=O) groups is 2. The van der Waals surface area contributed by atoms with Crippen molar-refractivity contribution in [3.63, 3.8) is 0 Å². The fraction of sp³-hybridized carbons (Fsp3) is 0.412. The zero-order valence-corrected chi connectivity index (χ0v) is 27.6. The van der Waals surface area contributed by atoms with Gasteiger partial charge in [-0.2, -0.15) is 9.61 Å². The molecule has 4 aromatic rings. The first-order chi connectivity index (χ1) is 21.2. The van der Waals surface area contributed by atoms with Crippen molar-refractivity contribution in [1.82, 2.24) is 24.4 Å². The fourth-order valence-electron chi connectivity index (χ4n) is 5.34. The number of aryl methyl sites for hydroxylation is 2. The van der Waals surface area contributed by atoms with Crippen molar-refractivity contribution in [2.75, 3.05) is 13.1 Å². The van der Waals surface area contributed by atoms with Crippen LogP contribution in [0, 0.1) is 25.6 Å². The average molecular weight is 638 g/mol. The van der Waals surface area contributed by atoms with Gasteiger partial charge in [-0.15, -0.1) is 0 Å². The number of fused-ring (bicyclic) bond motifs is 1. The van der Waals surface area contributed by atoms with Gasteiger partial charge < -0.3 is 15.0 Å². The van der Waals surface area contributed by atoms with Gasteiger partial charge in [0.05, 0.1) is 34.4 Å². The third kappa shape index (κ3) is 7.92. The number of ether oxygens (including phenoxy) is 1. The van der Waals surface area contributed by atoms with Gasteiger partial charge in [0.15, 0.2) is 0 Å². The fourth-order valence-corrected chi connectivity index (χ4v) is 5.51. The summed E-state index contributed by atoms with van der Waals surface area (Å²) in [5.74, 6) is -1.38. The van der Waals surface area contributed by atoms with Crippen molar-refractivity contribution in [3.05, 3.63) is 104 Å². The zero-order valence-electron chi connectivity index (χ0n) is 26.9. The summed E-state index contributed by atoms with van der Waals surface area (Å²) in [7, 11) is 0. The van der Waals surface area contributed by atoms with E-state index < -0.39 is 35.2 Å². The number of hydrogen-bond acceptors (Lipinski definition) is 5. The largest absolute Gasteiger partial charge is 0.444 e. The van der Waals surface area contributed by atoms with E-state index in [9.17, 15) is 14.4 Å². The second-order valence-corrected chi connectivity index (χ2v) is 13.0. The Bertz CT molecular complexity index is 1740. The number of amides is 2. The topological polar surface area (TPSA) is 97.9 Å². The molecule has 4 rings (SSSR count). The summed E-state index contributed by atoms with van der Waals surface area (Å²) in [5, 5.41) is 7.45. The molecule has 0 radical (unpaired) electrons. The molecule has 0 fully saturated rings. The van der Waals surface area contributed by atoms with Gasteiger partial charge in [0.1, 0.15) is 11.4 Å². The SMILES string of the molecule is Cc1ccc(C(=O)N(CCCNC(=O)OC(C)(C)C)[C@@H](c2cc3c(Cl)c(C)nn3c(=O)n2Cc2ccccc2)C(C)C)c(F)c1. The predicted molar refractivity (Wildman–Crippen MR) is 173 cm³/mol. The van der Waals surface area contributed by atoms with E-state index >= 15 is 4.39 Å². The highest BCUT2D eigenvalue weighted by molar-refractivity contribution is 6.34. The molecule has 240 valence electrons. The summed E-state index contributed by atoms with van der Waals surface area (Å²) < 4.78 is 23.5. The Hall–Kier alpha value is -4.18. The van der Waals surface area contributed by atoms with E-state index in [-0.39, 0.29) is 31.1 Å². The van der Waals surface area contributed by atoms with Crippen molar-refractivity contribution < 1.29 is 18.7 Å². The van der Waals surface area contributed by atoms with E-state index in [4.69, 9.17) is 16.3 Å². The molecule has 0 saturated carbocycles. The van der Waals surface area contributed by atoms with Crippen molar-refractivity contribution in [3.8, 4) is 0 Å². The lowest BCUT2D eigenvalue weighted by Gasteiger charge is -2.36. The maximum Gasteiger partial charge on any atom is 0.407 e. The van der Waals surface area contributed by atoms with Gasteiger partial charge in [0.25, 0.3) is 5.91 Å². The smallest absolute Gasteiger partial charge is 0.407 e. The van der Waals surface area contributed by atoms with Gasteiger partial charge in [0, 0.05) is 18.8 Å². The molecule has 0 bridgehead atoms. The van der Waals surface area contributed by atoms with Gasteiger partial charge in [-0.25, -0.2) is 14.0 Å². The Morgan fingerprint density at radius 2 is 1.78 bits per heavy atom. The molecule has 0 unspecified atom stereocenters. The summed E-state index contributed by atoms with van der Waals surface area (Å²) in [6.07, 6.45) is -0.224. The molecule has 45 heavy (non-hydrogen) atoms. The van der Waals surface area contributed by atoms with Crippen molar-refractivity contribution in [2.45, 2.75) is 73.1 Å². The van der Waals surface area contributed by atoms with Crippen molar-refractivity contribution in [2.24, 2.45) is 5.92 Å². The Morgan fingerprint density at radius 3 is 2.40 bits per heavy atom. The lowest BCUT2D eigenvalue weighted by molar-refractivity contribution is 0.0520. The van der Waals surface area contributed by atoms with Gasteiger partial charge in [-0.3, -0.25) is 9.36 Å². The third-order valence-electron chi connectivity index (χ3n) is 7.34. The summed E-state index contributed by atoms with van der Waals surface area (Å²) in [5.41, 5.74) is 1.87. The molecular formula is C34H41ClFN5O4. The highest BCUT2D eigenvalue weighted by Gasteiger charge is 2.33. The molecular weight excluding hydrogens is 597 g/mol. The van der Waals surface area contributed by atoms with Crippen LogP contribution >= 0.6 is 11.6 Å². The molecule has 0 aliphatic carbocycles.